The van der Waals surface area contributed by atoms with Crippen molar-refractivity contribution < 1.29 is 46.5 Å². The minimum atomic E-state index is -4.08. The van der Waals surface area contributed by atoms with E-state index in [4.69, 9.17) is 18.5 Å². The summed E-state index contributed by atoms with van der Waals surface area (Å²) < 4.78 is 57.6. The fourth-order valence-electron chi connectivity index (χ4n) is 11.0. The second-order valence-electron chi connectivity index (χ2n) is 20.8. The van der Waals surface area contributed by atoms with Gasteiger partial charge in [0.25, 0.3) is 0 Å². The number of allylic oxidation sites excluding steroid dienone is 8. The smallest absolute Gasteiger partial charge is 0.344 e. The predicted molar refractivity (Wildman–Crippen MR) is 285 cm³/mol. The van der Waals surface area contributed by atoms with E-state index in [1.807, 2.05) is 7.05 Å². The fourth-order valence-corrected chi connectivity index (χ4v) is 11.8. The summed E-state index contributed by atoms with van der Waals surface area (Å²) >= 11 is 0. The zero-order valence-electron chi connectivity index (χ0n) is 44.6. The molecule has 1 saturated heterocycles. The minimum absolute atomic E-state index is 0.0151. The molecule has 3 rings (SSSR count). The van der Waals surface area contributed by atoms with Crippen LogP contribution in [0.4, 0.5) is 0 Å². The van der Waals surface area contributed by atoms with Crippen molar-refractivity contribution in [3.8, 4) is 0 Å². The normalized spacial score (nSPS) is 23.3. The Hall–Kier alpha value is -0.940. The number of fused-ring (bicyclic) bond motifs is 1. The van der Waals surface area contributed by atoms with E-state index < -0.39 is 21.4 Å². The molecule has 69 heavy (non-hydrogen) atoms. The third-order valence-corrected chi connectivity index (χ3v) is 17.2. The number of ether oxygens (including phenoxy) is 2. The third-order valence-electron chi connectivity index (χ3n) is 15.3. The molecule has 13 heteroatoms. The lowest BCUT2D eigenvalue weighted by molar-refractivity contribution is -0.208. The molecule has 0 bridgehead atoms. The first-order chi connectivity index (χ1) is 33.4. The standard InChI is InChI=1S/C56H103NO10P2/c1-6-8-10-12-14-16-18-20-22-24-26-28-30-32-34-36-40-55(41-37-35-33-31-29-27-25-23-21-19-17-15-13-11-9-7-2)42-44-56(45-43-55)66-53-49-51(39-38-47-64-68(58,59)62-4)52(50-54(53)67-56)57(3)46-48-65-69(60,61)63-5/h14-17,20-23,51-54H,6-13,18-19,24-50H2,1-5H3,(H,58,59)(H,60,61)/b16-14-,17-15-,22-20-,23-21-/t51-,52?,53-,54-/m0/s1. The Morgan fingerprint density at radius 2 is 0.971 bits per heavy atom. The lowest BCUT2D eigenvalue weighted by Crippen LogP contribution is -2.49. The molecule has 1 heterocycles. The highest BCUT2D eigenvalue weighted by molar-refractivity contribution is 7.47. The average molecular weight is 1010 g/mol. The van der Waals surface area contributed by atoms with E-state index in [-0.39, 0.29) is 37.4 Å². The highest BCUT2D eigenvalue weighted by Crippen LogP contribution is 2.54. The van der Waals surface area contributed by atoms with Crippen molar-refractivity contribution in [1.82, 2.24) is 4.90 Å². The number of hydrogen-bond acceptors (Lipinski definition) is 9. The summed E-state index contributed by atoms with van der Waals surface area (Å²) in [5.41, 5.74) is 0.351. The molecule has 0 aromatic rings. The minimum Gasteiger partial charge on any atom is -0.344 e. The number of likely N-dealkylation sites (N-methyl/N-ethyl adjacent to an activating group) is 1. The van der Waals surface area contributed by atoms with Crippen LogP contribution in [-0.2, 0) is 36.7 Å². The molecule has 2 saturated carbocycles. The molecule has 11 nitrogen and oxygen atoms in total. The molecular formula is C56H103NO10P2. The molecule has 402 valence electrons. The fraction of sp³-hybridized carbons (Fsp3) is 0.857. The molecule has 1 aliphatic heterocycles. The van der Waals surface area contributed by atoms with Crippen molar-refractivity contribution in [1.29, 1.82) is 0 Å². The summed E-state index contributed by atoms with van der Waals surface area (Å²) in [6, 6.07) is 0.104. The van der Waals surface area contributed by atoms with E-state index in [2.05, 4.69) is 76.4 Å². The lowest BCUT2D eigenvalue weighted by atomic mass is 9.66. The van der Waals surface area contributed by atoms with Crippen LogP contribution in [0.2, 0.25) is 0 Å². The molecule has 0 amide bonds. The van der Waals surface area contributed by atoms with Gasteiger partial charge in [0.2, 0.25) is 0 Å². The van der Waals surface area contributed by atoms with E-state index in [1.54, 1.807) is 0 Å². The van der Waals surface area contributed by atoms with Crippen molar-refractivity contribution in [2.24, 2.45) is 11.3 Å². The van der Waals surface area contributed by atoms with Crippen LogP contribution in [0.5, 0.6) is 0 Å². The first-order valence-electron chi connectivity index (χ1n) is 28.1. The Kier molecular flexibility index (Phi) is 33.3. The highest BCUT2D eigenvalue weighted by Gasteiger charge is 2.55. The molecule has 0 aromatic carbocycles. The molecule has 6 atom stereocenters. The van der Waals surface area contributed by atoms with Gasteiger partial charge in [-0.2, -0.15) is 0 Å². The number of rotatable bonds is 42. The molecule has 3 aliphatic rings. The topological polar surface area (TPSA) is 133 Å². The van der Waals surface area contributed by atoms with Crippen LogP contribution in [0, 0.1) is 11.3 Å². The summed E-state index contributed by atoms with van der Waals surface area (Å²) in [4.78, 5) is 21.8. The summed E-state index contributed by atoms with van der Waals surface area (Å²) in [5, 5.41) is 0. The van der Waals surface area contributed by atoms with Crippen LogP contribution in [0.1, 0.15) is 232 Å². The summed E-state index contributed by atoms with van der Waals surface area (Å²) in [5.74, 6) is -0.343. The molecular weight excluding hydrogens is 909 g/mol. The molecule has 3 fully saturated rings. The lowest BCUT2D eigenvalue weighted by Gasteiger charge is -2.44. The van der Waals surface area contributed by atoms with Gasteiger partial charge >= 0.3 is 15.6 Å². The zero-order valence-corrected chi connectivity index (χ0v) is 46.4. The van der Waals surface area contributed by atoms with Crippen LogP contribution in [0.25, 0.3) is 0 Å². The third kappa shape index (κ3) is 27.3. The summed E-state index contributed by atoms with van der Waals surface area (Å²) in [6.45, 7) is 5.12. The molecule has 0 radical (unpaired) electrons. The Morgan fingerprint density at radius 1 is 0.551 bits per heavy atom. The molecule has 1 spiro atoms. The number of unbranched alkanes of at least 4 members (excludes halogenated alkanes) is 18. The van der Waals surface area contributed by atoms with Gasteiger partial charge < -0.3 is 24.2 Å². The second-order valence-corrected chi connectivity index (χ2v) is 23.9. The highest BCUT2D eigenvalue weighted by atomic mass is 31.2. The number of hydrogen-bond donors (Lipinski definition) is 2. The van der Waals surface area contributed by atoms with E-state index in [0.29, 0.717) is 18.4 Å². The number of nitrogens with zero attached hydrogens (tertiary/aromatic N) is 1. The van der Waals surface area contributed by atoms with Crippen LogP contribution < -0.4 is 0 Å². The quantitative estimate of drug-likeness (QED) is 0.0344. The van der Waals surface area contributed by atoms with Gasteiger partial charge in [0.05, 0.1) is 25.4 Å². The van der Waals surface area contributed by atoms with Gasteiger partial charge in [0, 0.05) is 39.6 Å². The van der Waals surface area contributed by atoms with Gasteiger partial charge in [-0.25, -0.2) is 9.13 Å². The van der Waals surface area contributed by atoms with Gasteiger partial charge in [0.1, 0.15) is 0 Å². The average Bonchev–Trinajstić information content (AvgIpc) is 3.69. The van der Waals surface area contributed by atoms with E-state index in [0.717, 1.165) is 64.9 Å². The molecule has 0 aromatic heterocycles. The summed E-state index contributed by atoms with van der Waals surface area (Å²) in [6.07, 6.45) is 59.1. The number of phosphoric acid groups is 2. The van der Waals surface area contributed by atoms with Crippen molar-refractivity contribution in [3.63, 3.8) is 0 Å². The Labute approximate surface area is 422 Å². The molecule has 2 aliphatic carbocycles. The van der Waals surface area contributed by atoms with Crippen molar-refractivity contribution >= 4 is 15.6 Å². The largest absolute Gasteiger partial charge is 0.471 e. The maximum atomic E-state index is 12.0. The Morgan fingerprint density at radius 3 is 1.43 bits per heavy atom. The molecule has 3 unspecified atom stereocenters. The van der Waals surface area contributed by atoms with Crippen molar-refractivity contribution in [3.05, 3.63) is 48.6 Å². The van der Waals surface area contributed by atoms with Gasteiger partial charge in [-0.3, -0.25) is 18.1 Å². The predicted octanol–water partition coefficient (Wildman–Crippen LogP) is 16.5. The van der Waals surface area contributed by atoms with E-state index >= 15 is 0 Å². The number of phosphoric ester groups is 2. The Balaban J connectivity index is 1.51. The van der Waals surface area contributed by atoms with Crippen LogP contribution in [0.15, 0.2) is 48.6 Å². The van der Waals surface area contributed by atoms with Gasteiger partial charge in [0.15, 0.2) is 5.79 Å². The van der Waals surface area contributed by atoms with Crippen molar-refractivity contribution in [2.45, 2.75) is 256 Å². The summed E-state index contributed by atoms with van der Waals surface area (Å²) in [7, 11) is -3.78. The van der Waals surface area contributed by atoms with Crippen LogP contribution in [0.3, 0.4) is 0 Å². The van der Waals surface area contributed by atoms with E-state index in [9.17, 15) is 18.9 Å². The molecule has 2 N–H and O–H groups in total. The monoisotopic (exact) mass is 1010 g/mol. The van der Waals surface area contributed by atoms with Crippen LogP contribution >= 0.6 is 15.6 Å². The van der Waals surface area contributed by atoms with Crippen LogP contribution in [-0.4, -0.2) is 79.7 Å². The SMILES string of the molecule is CCCCC/C=C\C/C=C\CCCCCCCCC1(CCCCCCCC/C=C\C/C=C\CCCCC)CCC2(CC1)O[C@H]1CC(N(C)CCOP(=O)(O)OC)[C@@H](CCCOP(=O)(O)OC)C[C@@H]1O2. The maximum Gasteiger partial charge on any atom is 0.471 e. The van der Waals surface area contributed by atoms with Gasteiger partial charge in [-0.1, -0.05) is 152 Å². The van der Waals surface area contributed by atoms with Crippen molar-refractivity contribution in [2.75, 3.05) is 41.0 Å². The van der Waals surface area contributed by atoms with Gasteiger partial charge in [-0.15, -0.1) is 0 Å². The van der Waals surface area contributed by atoms with E-state index in [1.165, 1.54) is 161 Å². The van der Waals surface area contributed by atoms with Gasteiger partial charge in [-0.05, 0) is 134 Å². The first-order valence-corrected chi connectivity index (χ1v) is 31.1. The second kappa shape index (κ2) is 36.9. The zero-order chi connectivity index (χ0) is 49.9. The Bertz CT molecular complexity index is 1460. The maximum absolute atomic E-state index is 12.0. The first kappa shape index (κ1) is 62.4.